The van der Waals surface area contributed by atoms with Crippen LogP contribution in [0.15, 0.2) is 55.1 Å². The number of benzene rings is 2. The summed E-state index contributed by atoms with van der Waals surface area (Å²) in [6.07, 6.45) is 1.04. The van der Waals surface area contributed by atoms with Gasteiger partial charge < -0.3 is 5.11 Å². The van der Waals surface area contributed by atoms with Crippen molar-refractivity contribution in [2.75, 3.05) is 0 Å². The second kappa shape index (κ2) is 5.59. The normalized spacial score (nSPS) is 13.2. The van der Waals surface area contributed by atoms with Gasteiger partial charge in [0.1, 0.15) is 5.78 Å². The van der Waals surface area contributed by atoms with Gasteiger partial charge in [0.25, 0.3) is 0 Å². The molecule has 0 aromatic heterocycles. The Hall–Kier alpha value is -1.93. The lowest BCUT2D eigenvalue weighted by Crippen LogP contribution is -2.31. The highest BCUT2D eigenvalue weighted by Crippen LogP contribution is 2.36. The molecule has 2 rings (SSSR count). The SMILES string of the molecule is C=CCC(=O)C(C)(C)C(O)c1ccc2ccccc2c1. The molecule has 0 saturated heterocycles. The predicted molar refractivity (Wildman–Crippen MR) is 82.5 cm³/mol. The van der Waals surface area contributed by atoms with Crippen LogP contribution in [-0.4, -0.2) is 10.9 Å². The summed E-state index contributed by atoms with van der Waals surface area (Å²) in [5.74, 6) is -0.00633. The van der Waals surface area contributed by atoms with E-state index >= 15 is 0 Å². The summed E-state index contributed by atoms with van der Waals surface area (Å²) in [5, 5.41) is 12.7. The molecule has 0 saturated carbocycles. The first-order chi connectivity index (χ1) is 9.46. The topological polar surface area (TPSA) is 37.3 Å². The second-order valence-electron chi connectivity index (χ2n) is 5.65. The van der Waals surface area contributed by atoms with Crippen LogP contribution < -0.4 is 0 Å². The minimum atomic E-state index is -0.823. The third-order valence-electron chi connectivity index (χ3n) is 3.82. The molecule has 2 aromatic carbocycles. The van der Waals surface area contributed by atoms with Gasteiger partial charge >= 0.3 is 0 Å². The van der Waals surface area contributed by atoms with Crippen molar-refractivity contribution >= 4 is 16.6 Å². The third-order valence-corrected chi connectivity index (χ3v) is 3.82. The van der Waals surface area contributed by atoms with E-state index < -0.39 is 11.5 Å². The molecule has 1 N–H and O–H groups in total. The molecule has 2 nitrogen and oxygen atoms in total. The van der Waals surface area contributed by atoms with Gasteiger partial charge in [0.2, 0.25) is 0 Å². The van der Waals surface area contributed by atoms with Crippen molar-refractivity contribution < 1.29 is 9.90 Å². The summed E-state index contributed by atoms with van der Waals surface area (Å²) < 4.78 is 0. The molecule has 0 aliphatic heterocycles. The Morgan fingerprint density at radius 2 is 1.90 bits per heavy atom. The van der Waals surface area contributed by atoms with E-state index in [9.17, 15) is 9.90 Å². The number of aliphatic hydroxyl groups excluding tert-OH is 1. The quantitative estimate of drug-likeness (QED) is 0.831. The molecule has 104 valence electrons. The van der Waals surface area contributed by atoms with Crippen molar-refractivity contribution in [3.05, 3.63) is 60.7 Å². The van der Waals surface area contributed by atoms with E-state index in [4.69, 9.17) is 0 Å². The lowest BCUT2D eigenvalue weighted by Gasteiger charge is -2.29. The fourth-order valence-corrected chi connectivity index (χ4v) is 2.34. The molecule has 0 aliphatic rings. The Balaban J connectivity index is 2.37. The van der Waals surface area contributed by atoms with Gasteiger partial charge in [-0.3, -0.25) is 4.79 Å². The van der Waals surface area contributed by atoms with Gasteiger partial charge in [-0.25, -0.2) is 0 Å². The largest absolute Gasteiger partial charge is 0.387 e. The van der Waals surface area contributed by atoms with E-state index in [0.717, 1.165) is 16.3 Å². The van der Waals surface area contributed by atoms with Crippen LogP contribution in [0.1, 0.15) is 31.9 Å². The molecular formula is C18H20O2. The number of hydrogen-bond acceptors (Lipinski definition) is 2. The number of allylic oxidation sites excluding steroid dienone is 1. The molecule has 2 aromatic rings. The van der Waals surface area contributed by atoms with Gasteiger partial charge in [0, 0.05) is 6.42 Å². The summed E-state index contributed by atoms with van der Waals surface area (Å²) in [6, 6.07) is 13.8. The van der Waals surface area contributed by atoms with Crippen LogP contribution in [0.2, 0.25) is 0 Å². The van der Waals surface area contributed by atoms with E-state index in [1.165, 1.54) is 0 Å². The number of carbonyl (C=O) groups is 1. The standard InChI is InChI=1S/C18H20O2/c1-4-7-16(19)18(2,3)17(20)15-11-10-13-8-5-6-9-14(13)12-15/h4-6,8-12,17,20H,1,7H2,2-3H3. The highest BCUT2D eigenvalue weighted by Gasteiger charge is 2.35. The van der Waals surface area contributed by atoms with Gasteiger partial charge in [0.15, 0.2) is 0 Å². The monoisotopic (exact) mass is 268 g/mol. The first-order valence-corrected chi connectivity index (χ1v) is 6.78. The van der Waals surface area contributed by atoms with E-state index in [1.54, 1.807) is 19.9 Å². The molecule has 1 unspecified atom stereocenters. The Morgan fingerprint density at radius 1 is 1.25 bits per heavy atom. The number of fused-ring (bicyclic) bond motifs is 1. The lowest BCUT2D eigenvalue weighted by atomic mass is 9.77. The molecule has 1 atom stereocenters. The van der Waals surface area contributed by atoms with E-state index in [0.29, 0.717) is 0 Å². The van der Waals surface area contributed by atoms with E-state index in [2.05, 4.69) is 6.58 Å². The molecular weight excluding hydrogens is 248 g/mol. The average Bonchev–Trinajstić information content (AvgIpc) is 2.46. The lowest BCUT2D eigenvalue weighted by molar-refractivity contribution is -0.132. The van der Waals surface area contributed by atoms with Gasteiger partial charge in [0.05, 0.1) is 11.5 Å². The van der Waals surface area contributed by atoms with Crippen LogP contribution >= 0.6 is 0 Å². The fraction of sp³-hybridized carbons (Fsp3) is 0.278. The molecule has 0 bridgehead atoms. The smallest absolute Gasteiger partial charge is 0.145 e. The van der Waals surface area contributed by atoms with Crippen LogP contribution in [0.25, 0.3) is 10.8 Å². The van der Waals surface area contributed by atoms with Crippen molar-refractivity contribution in [3.63, 3.8) is 0 Å². The van der Waals surface area contributed by atoms with Crippen molar-refractivity contribution in [1.29, 1.82) is 0 Å². The maximum Gasteiger partial charge on any atom is 0.145 e. The van der Waals surface area contributed by atoms with Crippen LogP contribution in [0.4, 0.5) is 0 Å². The zero-order valence-electron chi connectivity index (χ0n) is 12.0. The van der Waals surface area contributed by atoms with Gasteiger partial charge in [-0.15, -0.1) is 6.58 Å². The number of aliphatic hydroxyl groups is 1. The average molecular weight is 268 g/mol. The van der Waals surface area contributed by atoms with Crippen LogP contribution in [-0.2, 0) is 4.79 Å². The van der Waals surface area contributed by atoms with E-state index in [-0.39, 0.29) is 12.2 Å². The van der Waals surface area contributed by atoms with Crippen molar-refractivity contribution in [3.8, 4) is 0 Å². The molecule has 0 spiro atoms. The highest BCUT2D eigenvalue weighted by molar-refractivity contribution is 5.87. The molecule has 0 heterocycles. The maximum atomic E-state index is 12.1. The summed E-state index contributed by atoms with van der Waals surface area (Å²) in [4.78, 5) is 12.1. The summed E-state index contributed by atoms with van der Waals surface area (Å²) in [7, 11) is 0. The Bertz CT molecular complexity index is 641. The van der Waals surface area contributed by atoms with Crippen molar-refractivity contribution in [2.24, 2.45) is 5.41 Å². The van der Waals surface area contributed by atoms with Crippen LogP contribution in [0, 0.1) is 5.41 Å². The zero-order chi connectivity index (χ0) is 14.8. The van der Waals surface area contributed by atoms with E-state index in [1.807, 2.05) is 42.5 Å². The number of Topliss-reactive ketones (excluding diaryl/α,β-unsaturated/α-hetero) is 1. The first kappa shape index (κ1) is 14.5. The van der Waals surface area contributed by atoms with Crippen molar-refractivity contribution in [1.82, 2.24) is 0 Å². The predicted octanol–water partition coefficient (Wildman–Crippen LogP) is 4.04. The number of hydrogen-bond donors (Lipinski definition) is 1. The molecule has 2 heteroatoms. The number of rotatable bonds is 5. The van der Waals surface area contributed by atoms with Crippen molar-refractivity contribution in [2.45, 2.75) is 26.4 Å². The first-order valence-electron chi connectivity index (χ1n) is 6.78. The second-order valence-corrected chi connectivity index (χ2v) is 5.65. The fourth-order valence-electron chi connectivity index (χ4n) is 2.34. The minimum absolute atomic E-state index is 0.00633. The third kappa shape index (κ3) is 2.66. The molecule has 20 heavy (non-hydrogen) atoms. The Labute approximate surface area is 119 Å². The van der Waals surface area contributed by atoms with Crippen LogP contribution in [0.3, 0.4) is 0 Å². The maximum absolute atomic E-state index is 12.1. The van der Waals surface area contributed by atoms with Crippen LogP contribution in [0.5, 0.6) is 0 Å². The summed E-state index contributed by atoms with van der Waals surface area (Å²) in [5.41, 5.74) is -0.0532. The van der Waals surface area contributed by atoms with Gasteiger partial charge in [-0.05, 0) is 22.4 Å². The van der Waals surface area contributed by atoms with Gasteiger partial charge in [-0.2, -0.15) is 0 Å². The molecule has 0 aliphatic carbocycles. The summed E-state index contributed by atoms with van der Waals surface area (Å²) in [6.45, 7) is 7.14. The Morgan fingerprint density at radius 3 is 2.55 bits per heavy atom. The van der Waals surface area contributed by atoms with Gasteiger partial charge in [-0.1, -0.05) is 56.3 Å². The zero-order valence-corrected chi connectivity index (χ0v) is 12.0. The molecule has 0 amide bonds. The molecule has 0 fully saturated rings. The summed E-state index contributed by atoms with van der Waals surface area (Å²) >= 11 is 0. The number of ketones is 1. The Kier molecular flexibility index (Phi) is 4.05. The highest BCUT2D eigenvalue weighted by atomic mass is 16.3. The number of carbonyl (C=O) groups excluding carboxylic acids is 1. The molecule has 0 radical (unpaired) electrons. The minimum Gasteiger partial charge on any atom is -0.387 e.